The molecule has 0 radical (unpaired) electrons. The Bertz CT molecular complexity index is 1030. The highest BCUT2D eigenvalue weighted by Crippen LogP contribution is 2.63. The topological polar surface area (TPSA) is 106 Å². The third kappa shape index (κ3) is 3.83. The van der Waals surface area contributed by atoms with Gasteiger partial charge in [0.1, 0.15) is 29.9 Å². The molecule has 188 valence electrons. The molecule has 1 aromatic rings. The summed E-state index contributed by atoms with van der Waals surface area (Å²) in [5.74, 6) is -2.36. The number of β-amino-alcohol motifs (C(OH)–C–C–N with tert-alkyl or cyclic N) is 1. The maximum atomic E-state index is 14.2. The van der Waals surface area contributed by atoms with Gasteiger partial charge in [0.05, 0.1) is 25.2 Å². The van der Waals surface area contributed by atoms with E-state index in [1.165, 1.54) is 15.9 Å². The molecule has 2 amide bonds. The van der Waals surface area contributed by atoms with Crippen molar-refractivity contribution in [1.82, 2.24) is 4.90 Å². The number of benzene rings is 1. The third-order valence-electron chi connectivity index (χ3n) is 7.41. The van der Waals surface area contributed by atoms with Gasteiger partial charge in [-0.15, -0.1) is 6.58 Å². The van der Waals surface area contributed by atoms with Gasteiger partial charge < -0.3 is 29.1 Å². The predicted molar refractivity (Wildman–Crippen MR) is 128 cm³/mol. The minimum atomic E-state index is -1.19. The number of likely N-dealkylation sites (tertiary alicyclic amines) is 1. The van der Waals surface area contributed by atoms with Crippen molar-refractivity contribution in [3.63, 3.8) is 0 Å². The molecule has 2 unspecified atom stereocenters. The molecule has 9 heteroatoms. The Balaban J connectivity index is 1.76. The lowest BCUT2D eigenvalue weighted by molar-refractivity contribution is -0.158. The Morgan fingerprint density at radius 1 is 1.26 bits per heavy atom. The number of amides is 2. The summed E-state index contributed by atoms with van der Waals surface area (Å²) < 4.78 is 17.1. The molecule has 1 spiro atoms. The zero-order chi connectivity index (χ0) is 25.4. The molecule has 3 aliphatic heterocycles. The Morgan fingerprint density at radius 2 is 1.97 bits per heavy atom. The Morgan fingerprint density at radius 3 is 2.57 bits per heavy atom. The second kappa shape index (κ2) is 9.47. The summed E-state index contributed by atoms with van der Waals surface area (Å²) in [5.41, 5.74) is -1.51. The Kier molecular flexibility index (Phi) is 6.75. The largest absolute Gasteiger partial charge is 0.497 e. The first-order chi connectivity index (χ1) is 16.8. The van der Waals surface area contributed by atoms with Gasteiger partial charge in [-0.05, 0) is 44.0 Å². The van der Waals surface area contributed by atoms with E-state index in [0.29, 0.717) is 24.3 Å². The van der Waals surface area contributed by atoms with Crippen LogP contribution in [0.25, 0.3) is 0 Å². The monoisotopic (exact) mass is 484 g/mol. The maximum absolute atomic E-state index is 14.2. The van der Waals surface area contributed by atoms with Crippen LogP contribution < -0.4 is 9.64 Å². The molecule has 3 saturated heterocycles. The molecule has 1 N–H and O–H groups in total. The van der Waals surface area contributed by atoms with Gasteiger partial charge in [0.2, 0.25) is 5.91 Å². The first-order valence-corrected chi connectivity index (χ1v) is 11.7. The van der Waals surface area contributed by atoms with Crippen molar-refractivity contribution in [2.75, 3.05) is 38.3 Å². The number of esters is 1. The first-order valence-electron chi connectivity index (χ1n) is 11.7. The molecule has 9 nitrogen and oxygen atoms in total. The van der Waals surface area contributed by atoms with E-state index < -0.39 is 35.0 Å². The fraction of sp³-hybridized carbons (Fsp3) is 0.500. The number of aliphatic hydroxyl groups excluding tert-OH is 1. The van der Waals surface area contributed by atoms with Gasteiger partial charge in [-0.3, -0.25) is 14.4 Å². The van der Waals surface area contributed by atoms with Crippen molar-refractivity contribution < 1.29 is 33.7 Å². The minimum Gasteiger partial charge on any atom is -0.497 e. The predicted octanol–water partition coefficient (Wildman–Crippen LogP) is 1.70. The molecule has 35 heavy (non-hydrogen) atoms. The van der Waals surface area contributed by atoms with Crippen LogP contribution in [-0.4, -0.2) is 78.4 Å². The summed E-state index contributed by atoms with van der Waals surface area (Å²) in [6, 6.07) is 6.00. The molecular formula is C26H32N2O7. The van der Waals surface area contributed by atoms with Crippen LogP contribution in [0.4, 0.5) is 5.69 Å². The molecule has 3 aliphatic rings. The number of methoxy groups -OCH3 is 1. The number of ether oxygens (including phenoxy) is 3. The van der Waals surface area contributed by atoms with Crippen molar-refractivity contribution in [2.45, 2.75) is 37.0 Å². The molecule has 0 saturated carbocycles. The maximum Gasteiger partial charge on any atom is 0.313 e. The van der Waals surface area contributed by atoms with E-state index in [9.17, 15) is 19.5 Å². The molecular weight excluding hydrogens is 452 g/mol. The standard InChI is InChI=1S/C26H32N2O7/c1-5-13-27(17-7-9-18(33-4)10-8-17)23(31)21-26-12-11-25(3,35-26)20(24(32)34-16-6-2)19(26)22(30)28(21)14-15-29/h5-10,19-21,29H,1-2,11-16H2,3-4H3/t19-,20-,21?,25+,26?/m0/s1. The molecule has 3 heterocycles. The fourth-order valence-corrected chi connectivity index (χ4v) is 6.00. The summed E-state index contributed by atoms with van der Waals surface area (Å²) >= 11 is 0. The van der Waals surface area contributed by atoms with Gasteiger partial charge in [0.25, 0.3) is 5.91 Å². The Labute approximate surface area is 204 Å². The number of carbonyl (C=O) groups excluding carboxylic acids is 3. The number of nitrogens with zero attached hydrogens (tertiary/aromatic N) is 2. The lowest BCUT2D eigenvalue weighted by Crippen LogP contribution is -2.56. The van der Waals surface area contributed by atoms with Gasteiger partial charge in [-0.25, -0.2) is 0 Å². The second-order valence-corrected chi connectivity index (χ2v) is 9.34. The lowest BCUT2D eigenvalue weighted by Gasteiger charge is -2.36. The van der Waals surface area contributed by atoms with Gasteiger partial charge in [0.15, 0.2) is 0 Å². The number of hydrogen-bond acceptors (Lipinski definition) is 7. The number of carbonyl (C=O) groups is 3. The molecule has 0 aromatic heterocycles. The van der Waals surface area contributed by atoms with Gasteiger partial charge >= 0.3 is 5.97 Å². The zero-order valence-electron chi connectivity index (χ0n) is 20.1. The normalized spacial score (nSPS) is 30.7. The summed E-state index contributed by atoms with van der Waals surface area (Å²) in [6.45, 7) is 9.01. The molecule has 0 aliphatic carbocycles. The van der Waals surface area contributed by atoms with Crippen LogP contribution >= 0.6 is 0 Å². The lowest BCUT2D eigenvalue weighted by atomic mass is 9.66. The van der Waals surface area contributed by atoms with Crippen molar-refractivity contribution in [3.05, 3.63) is 49.6 Å². The summed E-state index contributed by atoms with van der Waals surface area (Å²) in [4.78, 5) is 43.8. The molecule has 2 bridgehead atoms. The Hall–Kier alpha value is -3.17. The smallest absolute Gasteiger partial charge is 0.313 e. The van der Waals surface area contributed by atoms with Crippen molar-refractivity contribution in [3.8, 4) is 5.75 Å². The van der Waals surface area contributed by atoms with E-state index in [2.05, 4.69) is 13.2 Å². The van der Waals surface area contributed by atoms with Crippen LogP contribution in [0.1, 0.15) is 19.8 Å². The van der Waals surface area contributed by atoms with Crippen molar-refractivity contribution in [1.29, 1.82) is 0 Å². The fourth-order valence-electron chi connectivity index (χ4n) is 6.00. The van der Waals surface area contributed by atoms with Gasteiger partial charge in [0, 0.05) is 18.8 Å². The second-order valence-electron chi connectivity index (χ2n) is 9.34. The number of fused-ring (bicyclic) bond motifs is 1. The van der Waals surface area contributed by atoms with Gasteiger partial charge in [-0.2, -0.15) is 0 Å². The van der Waals surface area contributed by atoms with Gasteiger partial charge in [-0.1, -0.05) is 18.7 Å². The third-order valence-corrected chi connectivity index (χ3v) is 7.41. The summed E-state index contributed by atoms with van der Waals surface area (Å²) in [5, 5.41) is 9.74. The summed E-state index contributed by atoms with van der Waals surface area (Å²) in [6.07, 6.45) is 4.01. The van der Waals surface area contributed by atoms with E-state index >= 15 is 0 Å². The zero-order valence-corrected chi connectivity index (χ0v) is 20.1. The average molecular weight is 485 g/mol. The number of aliphatic hydroxyl groups is 1. The SMILES string of the molecule is C=CCOC(=O)[C@@H]1[C@H]2C(=O)N(CCO)C(C(=O)N(CC=C)c3ccc(OC)cc3)C23CC[C@@]1(C)O3. The molecule has 5 atom stereocenters. The van der Waals surface area contributed by atoms with Crippen molar-refractivity contribution in [2.24, 2.45) is 11.8 Å². The van der Waals surface area contributed by atoms with Crippen molar-refractivity contribution >= 4 is 23.5 Å². The van der Waals surface area contributed by atoms with Crippen LogP contribution in [0.3, 0.4) is 0 Å². The first kappa shape index (κ1) is 24.9. The molecule has 3 fully saturated rings. The van der Waals surface area contributed by atoms with E-state index in [4.69, 9.17) is 14.2 Å². The average Bonchev–Trinajstić information content (AvgIpc) is 3.42. The highest BCUT2D eigenvalue weighted by atomic mass is 16.6. The number of hydrogen-bond donors (Lipinski definition) is 1. The summed E-state index contributed by atoms with van der Waals surface area (Å²) in [7, 11) is 1.56. The van der Waals surface area contributed by atoms with Crippen LogP contribution in [0.2, 0.25) is 0 Å². The van der Waals surface area contributed by atoms with E-state index in [-0.39, 0.29) is 38.1 Å². The number of rotatable bonds is 10. The van der Waals surface area contributed by atoms with Crippen LogP contribution in [0, 0.1) is 11.8 Å². The van der Waals surface area contributed by atoms with E-state index in [1.807, 2.05) is 0 Å². The molecule has 1 aromatic carbocycles. The number of anilines is 1. The quantitative estimate of drug-likeness (QED) is 0.398. The highest BCUT2D eigenvalue weighted by molar-refractivity contribution is 6.04. The van der Waals surface area contributed by atoms with E-state index in [0.717, 1.165) is 0 Å². The minimum absolute atomic E-state index is 0.0205. The van der Waals surface area contributed by atoms with Crippen LogP contribution in [-0.2, 0) is 23.9 Å². The van der Waals surface area contributed by atoms with Crippen LogP contribution in [0.5, 0.6) is 5.75 Å². The molecule has 4 rings (SSSR count). The highest BCUT2D eigenvalue weighted by Gasteiger charge is 2.78. The van der Waals surface area contributed by atoms with Crippen LogP contribution in [0.15, 0.2) is 49.6 Å². The van der Waals surface area contributed by atoms with E-state index in [1.54, 1.807) is 44.4 Å².